The number of sulfone groups is 2. The van der Waals surface area contributed by atoms with E-state index in [2.05, 4.69) is 11.9 Å². The molecule has 1 aliphatic heterocycles. The first-order chi connectivity index (χ1) is 12.6. The Balaban J connectivity index is 2.13. The van der Waals surface area contributed by atoms with Crippen molar-refractivity contribution in [2.45, 2.75) is 41.0 Å². The number of thiazole rings is 1. The van der Waals surface area contributed by atoms with Gasteiger partial charge in [0.2, 0.25) is 24.0 Å². The summed E-state index contributed by atoms with van der Waals surface area (Å²) in [7, 11) is -7.57. The van der Waals surface area contributed by atoms with Crippen LogP contribution in [0, 0.1) is 5.92 Å². The third-order valence-corrected chi connectivity index (χ3v) is 10.0. The van der Waals surface area contributed by atoms with E-state index >= 15 is 0 Å². The lowest BCUT2D eigenvalue weighted by molar-refractivity contribution is 0.438. The van der Waals surface area contributed by atoms with Crippen molar-refractivity contribution in [1.29, 1.82) is 0 Å². The molecule has 148 valence electrons. The van der Waals surface area contributed by atoms with Crippen LogP contribution in [0.15, 0.2) is 38.5 Å². The number of nitrogens with zero attached hydrogens (tertiary/aromatic N) is 2. The van der Waals surface area contributed by atoms with E-state index in [-0.39, 0.29) is 20.0 Å². The monoisotopic (exact) mass is 448 g/mol. The van der Waals surface area contributed by atoms with Crippen LogP contribution in [0.4, 0.5) is 5.00 Å². The van der Waals surface area contributed by atoms with Gasteiger partial charge in [-0.2, -0.15) is 0 Å². The maximum Gasteiger partial charge on any atom is 0.226 e. The standard InChI is InChI=1S/C17H21ClN2O4S3/c1-3-26(21,22)17-19-15(16(25-17)20-10-8-12(2)9-11-20)27(23,24)14-6-4-13(18)5-7-14/h4-7,12H,3,8-11H2,1-2H3. The van der Waals surface area contributed by atoms with Crippen molar-refractivity contribution in [3.8, 4) is 0 Å². The van der Waals surface area contributed by atoms with Gasteiger partial charge in [0.25, 0.3) is 0 Å². The molecule has 3 rings (SSSR count). The zero-order valence-electron chi connectivity index (χ0n) is 15.1. The first-order valence-electron chi connectivity index (χ1n) is 8.64. The second kappa shape index (κ2) is 7.69. The van der Waals surface area contributed by atoms with E-state index in [1.165, 1.54) is 31.2 Å². The molecule has 1 aliphatic rings. The van der Waals surface area contributed by atoms with Gasteiger partial charge in [0.05, 0.1) is 10.6 Å². The minimum absolute atomic E-state index is 0.0456. The molecule has 0 saturated carbocycles. The molecule has 0 amide bonds. The third kappa shape index (κ3) is 4.16. The molecular weight excluding hydrogens is 428 g/mol. The highest BCUT2D eigenvalue weighted by Crippen LogP contribution is 2.39. The summed E-state index contributed by atoms with van der Waals surface area (Å²) < 4.78 is 50.9. The van der Waals surface area contributed by atoms with Crippen LogP contribution in [0.25, 0.3) is 0 Å². The third-order valence-electron chi connectivity index (χ3n) is 4.66. The Morgan fingerprint density at radius 2 is 1.74 bits per heavy atom. The number of halogens is 1. The molecule has 0 aliphatic carbocycles. The molecule has 27 heavy (non-hydrogen) atoms. The fraction of sp³-hybridized carbons (Fsp3) is 0.471. The van der Waals surface area contributed by atoms with Crippen molar-refractivity contribution in [1.82, 2.24) is 4.98 Å². The van der Waals surface area contributed by atoms with E-state index in [4.69, 9.17) is 11.6 Å². The highest BCUT2D eigenvalue weighted by Gasteiger charge is 2.33. The first kappa shape index (κ1) is 20.6. The van der Waals surface area contributed by atoms with Gasteiger partial charge in [-0.05, 0) is 43.0 Å². The Kier molecular flexibility index (Phi) is 5.86. The fourth-order valence-electron chi connectivity index (χ4n) is 2.85. The number of piperidine rings is 1. The summed E-state index contributed by atoms with van der Waals surface area (Å²) >= 11 is 6.81. The maximum absolute atomic E-state index is 13.2. The Morgan fingerprint density at radius 1 is 1.15 bits per heavy atom. The molecule has 1 aromatic carbocycles. The molecule has 1 fully saturated rings. The molecule has 0 radical (unpaired) electrons. The maximum atomic E-state index is 13.2. The molecule has 2 heterocycles. The van der Waals surface area contributed by atoms with E-state index in [0.29, 0.717) is 29.0 Å². The molecule has 0 bridgehead atoms. The summed E-state index contributed by atoms with van der Waals surface area (Å²) in [6.07, 6.45) is 1.85. The molecule has 0 unspecified atom stereocenters. The van der Waals surface area contributed by atoms with Gasteiger partial charge in [0.1, 0.15) is 5.00 Å². The van der Waals surface area contributed by atoms with E-state index in [1.807, 2.05) is 4.90 Å². The molecule has 1 saturated heterocycles. The van der Waals surface area contributed by atoms with Crippen LogP contribution in [0.5, 0.6) is 0 Å². The Morgan fingerprint density at radius 3 is 2.30 bits per heavy atom. The number of benzene rings is 1. The zero-order chi connectivity index (χ0) is 19.8. The van der Waals surface area contributed by atoms with Crippen molar-refractivity contribution >= 4 is 47.6 Å². The minimum Gasteiger partial charge on any atom is -0.361 e. The highest BCUT2D eigenvalue weighted by atomic mass is 35.5. The molecule has 0 spiro atoms. The summed E-state index contributed by atoms with van der Waals surface area (Å²) in [6.45, 7) is 5.03. The van der Waals surface area contributed by atoms with E-state index < -0.39 is 19.7 Å². The fourth-order valence-corrected chi connectivity index (χ4v) is 7.15. The topological polar surface area (TPSA) is 84.4 Å². The number of hydrogen-bond donors (Lipinski definition) is 0. The highest BCUT2D eigenvalue weighted by molar-refractivity contribution is 7.94. The smallest absolute Gasteiger partial charge is 0.226 e. The molecule has 10 heteroatoms. The van der Waals surface area contributed by atoms with Crippen LogP contribution in [-0.2, 0) is 19.7 Å². The van der Waals surface area contributed by atoms with Gasteiger partial charge in [-0.1, -0.05) is 36.8 Å². The van der Waals surface area contributed by atoms with Crippen LogP contribution in [0.1, 0.15) is 26.7 Å². The molecule has 6 nitrogen and oxygen atoms in total. The van der Waals surface area contributed by atoms with Crippen molar-refractivity contribution in [3.05, 3.63) is 29.3 Å². The first-order valence-corrected chi connectivity index (χ1v) is 13.0. The van der Waals surface area contributed by atoms with Gasteiger partial charge < -0.3 is 4.90 Å². The van der Waals surface area contributed by atoms with Gasteiger partial charge in [0.15, 0.2) is 5.03 Å². The quantitative estimate of drug-likeness (QED) is 0.693. The second-order valence-electron chi connectivity index (χ2n) is 6.62. The van der Waals surface area contributed by atoms with Crippen LogP contribution >= 0.6 is 22.9 Å². The number of hydrogen-bond acceptors (Lipinski definition) is 7. The molecule has 0 atom stereocenters. The molecular formula is C17H21ClN2O4S3. The summed E-state index contributed by atoms with van der Waals surface area (Å²) in [5.41, 5.74) is 0. The van der Waals surface area contributed by atoms with Gasteiger partial charge in [-0.15, -0.1) is 0 Å². The van der Waals surface area contributed by atoms with Gasteiger partial charge >= 0.3 is 0 Å². The van der Waals surface area contributed by atoms with Crippen molar-refractivity contribution < 1.29 is 16.8 Å². The van der Waals surface area contributed by atoms with Crippen molar-refractivity contribution in [3.63, 3.8) is 0 Å². The van der Waals surface area contributed by atoms with Crippen LogP contribution in [-0.4, -0.2) is 40.7 Å². The average Bonchev–Trinajstić information content (AvgIpc) is 3.10. The van der Waals surface area contributed by atoms with Gasteiger partial charge in [-0.3, -0.25) is 0 Å². The number of rotatable bonds is 5. The van der Waals surface area contributed by atoms with Crippen LogP contribution < -0.4 is 4.90 Å². The lowest BCUT2D eigenvalue weighted by Gasteiger charge is -2.31. The molecule has 0 N–H and O–H groups in total. The summed E-state index contributed by atoms with van der Waals surface area (Å²) in [5.74, 6) is 0.432. The Bertz CT molecular complexity index is 1020. The SMILES string of the molecule is CCS(=O)(=O)c1nc(S(=O)(=O)c2ccc(Cl)cc2)c(N2CCC(C)CC2)s1. The minimum atomic E-state index is -3.96. The lowest BCUT2D eigenvalue weighted by atomic mass is 10.00. The lowest BCUT2D eigenvalue weighted by Crippen LogP contribution is -2.33. The van der Waals surface area contributed by atoms with E-state index in [0.717, 1.165) is 24.2 Å². The predicted molar refractivity (Wildman–Crippen MR) is 107 cm³/mol. The molecule has 2 aromatic rings. The zero-order valence-corrected chi connectivity index (χ0v) is 18.3. The van der Waals surface area contributed by atoms with Crippen molar-refractivity contribution in [2.75, 3.05) is 23.7 Å². The normalized spacial score (nSPS) is 16.6. The predicted octanol–water partition coefficient (Wildman–Crippen LogP) is 3.66. The van der Waals surface area contributed by atoms with Crippen LogP contribution in [0.2, 0.25) is 5.02 Å². The van der Waals surface area contributed by atoms with Gasteiger partial charge in [-0.25, -0.2) is 21.8 Å². The Hall–Kier alpha value is -1.16. The van der Waals surface area contributed by atoms with E-state index in [1.54, 1.807) is 0 Å². The van der Waals surface area contributed by atoms with Crippen LogP contribution in [0.3, 0.4) is 0 Å². The van der Waals surface area contributed by atoms with Crippen molar-refractivity contribution in [2.24, 2.45) is 5.92 Å². The van der Waals surface area contributed by atoms with E-state index in [9.17, 15) is 16.8 Å². The van der Waals surface area contributed by atoms with Gasteiger partial charge in [0, 0.05) is 18.1 Å². The summed E-state index contributed by atoms with van der Waals surface area (Å²) in [5, 5.41) is 0.645. The second-order valence-corrected chi connectivity index (χ2v) is 12.4. The summed E-state index contributed by atoms with van der Waals surface area (Å²) in [6, 6.07) is 5.81. The Labute approximate surface area is 169 Å². The average molecular weight is 449 g/mol. The largest absolute Gasteiger partial charge is 0.361 e. The number of aromatic nitrogens is 1. The number of anilines is 1. The molecule has 1 aromatic heterocycles. The summed E-state index contributed by atoms with van der Waals surface area (Å²) in [4.78, 5) is 6.07.